The molecule has 142 valence electrons. The van der Waals surface area contributed by atoms with Gasteiger partial charge in [0.25, 0.3) is 0 Å². The lowest BCUT2D eigenvalue weighted by atomic mass is 9.92. The molecule has 3 aromatic heterocycles. The summed E-state index contributed by atoms with van der Waals surface area (Å²) in [5, 5.41) is 11.3. The fourth-order valence-corrected chi connectivity index (χ4v) is 3.39. The summed E-state index contributed by atoms with van der Waals surface area (Å²) in [7, 11) is 0. The third kappa shape index (κ3) is 3.69. The third-order valence-corrected chi connectivity index (χ3v) is 4.98. The van der Waals surface area contributed by atoms with Crippen LogP contribution in [0.4, 0.5) is 0 Å². The fourth-order valence-electron chi connectivity index (χ4n) is 3.39. The van der Waals surface area contributed by atoms with E-state index in [1.54, 1.807) is 35.5 Å². The zero-order valence-electron chi connectivity index (χ0n) is 16.0. The highest BCUT2D eigenvalue weighted by Crippen LogP contribution is 2.31. The molecule has 1 N–H and O–H groups in total. The molecule has 0 spiro atoms. The van der Waals surface area contributed by atoms with E-state index < -0.39 is 0 Å². The summed E-state index contributed by atoms with van der Waals surface area (Å²) in [6.45, 7) is 4.00. The molecule has 7 heteroatoms. The molecular weight excluding hydrogens is 352 g/mol. The van der Waals surface area contributed by atoms with Crippen LogP contribution in [0.1, 0.15) is 49.3 Å². The number of aromatic nitrogens is 6. The van der Waals surface area contributed by atoms with Crippen LogP contribution in [-0.4, -0.2) is 29.9 Å². The van der Waals surface area contributed by atoms with E-state index in [2.05, 4.69) is 37.4 Å². The first kappa shape index (κ1) is 18.0. The Labute approximate surface area is 162 Å². The summed E-state index contributed by atoms with van der Waals surface area (Å²) >= 11 is 0. The minimum absolute atomic E-state index is 0.0604. The molecule has 0 fully saturated rings. The van der Waals surface area contributed by atoms with Crippen molar-refractivity contribution in [3.05, 3.63) is 82.1 Å². The van der Waals surface area contributed by atoms with Crippen LogP contribution in [0.15, 0.2) is 59.4 Å². The highest BCUT2D eigenvalue weighted by molar-refractivity contribution is 5.71. The number of nitrogens with one attached hydrogen (secondary N) is 1. The number of hydrogen-bond acceptors (Lipinski definition) is 5. The molecule has 1 aliphatic rings. The smallest absolute Gasteiger partial charge is 0.203 e. The van der Waals surface area contributed by atoms with E-state index in [0.717, 1.165) is 42.0 Å². The zero-order chi connectivity index (χ0) is 19.5. The largest absolute Gasteiger partial charge is 0.288 e. The number of allylic oxidation sites excluding steroid dienone is 4. The quantitative estimate of drug-likeness (QED) is 0.756. The molecular formula is C21H22N6O. The molecule has 0 aliphatic heterocycles. The van der Waals surface area contributed by atoms with E-state index in [1.165, 1.54) is 5.57 Å². The van der Waals surface area contributed by atoms with Crippen LogP contribution >= 0.6 is 0 Å². The summed E-state index contributed by atoms with van der Waals surface area (Å²) < 4.78 is 1.68. The Kier molecular flexibility index (Phi) is 4.97. The van der Waals surface area contributed by atoms with Gasteiger partial charge in [-0.15, -0.1) is 0 Å². The first-order valence-corrected chi connectivity index (χ1v) is 9.41. The van der Waals surface area contributed by atoms with Crippen molar-refractivity contribution in [2.24, 2.45) is 0 Å². The van der Waals surface area contributed by atoms with Gasteiger partial charge in [-0.3, -0.25) is 9.89 Å². The Hall–Kier alpha value is -3.35. The van der Waals surface area contributed by atoms with Gasteiger partial charge in [0.05, 0.1) is 6.20 Å². The van der Waals surface area contributed by atoms with Gasteiger partial charge in [0.15, 0.2) is 5.82 Å². The van der Waals surface area contributed by atoms with Crippen LogP contribution in [0.2, 0.25) is 0 Å². The molecule has 3 heterocycles. The second-order valence-electron chi connectivity index (χ2n) is 6.98. The van der Waals surface area contributed by atoms with E-state index in [4.69, 9.17) is 0 Å². The van der Waals surface area contributed by atoms with Crippen LogP contribution in [0.5, 0.6) is 0 Å². The predicted octanol–water partition coefficient (Wildman–Crippen LogP) is 3.35. The Morgan fingerprint density at radius 3 is 2.96 bits per heavy atom. The van der Waals surface area contributed by atoms with Crippen molar-refractivity contribution in [1.29, 1.82) is 0 Å². The zero-order valence-corrected chi connectivity index (χ0v) is 16.0. The van der Waals surface area contributed by atoms with Gasteiger partial charge in [0.1, 0.15) is 11.4 Å². The maximum atomic E-state index is 12.5. The number of aryl methyl sites for hydroxylation is 1. The molecule has 1 unspecified atom stereocenters. The average molecular weight is 374 g/mol. The highest BCUT2D eigenvalue weighted by Gasteiger charge is 2.19. The predicted molar refractivity (Wildman–Crippen MR) is 107 cm³/mol. The molecule has 0 amide bonds. The molecule has 4 rings (SSSR count). The standard InChI is InChI=1S/C21H22N6O/c1-14-7-9-22-21(25-14)17-6-4-3-5-16(11-17)15(2)20-19(28)8-10-27(26-20)18-12-23-24-13-18/h6-13,15H,3-5H2,1-2H3,(H,23,24). The number of aromatic amines is 1. The van der Waals surface area contributed by atoms with Crippen molar-refractivity contribution in [3.8, 4) is 5.69 Å². The van der Waals surface area contributed by atoms with Gasteiger partial charge in [0.2, 0.25) is 5.43 Å². The number of nitrogens with zero attached hydrogens (tertiary/aromatic N) is 5. The van der Waals surface area contributed by atoms with Crippen LogP contribution in [-0.2, 0) is 0 Å². The third-order valence-electron chi connectivity index (χ3n) is 4.98. The van der Waals surface area contributed by atoms with Crippen molar-refractivity contribution >= 4 is 5.57 Å². The SMILES string of the molecule is Cc1ccnc(C2=CCCCC(C(C)c3nn(-c4cn[nH]c4)ccc3=O)=C2)n1. The van der Waals surface area contributed by atoms with E-state index in [0.29, 0.717) is 5.69 Å². The van der Waals surface area contributed by atoms with Crippen molar-refractivity contribution < 1.29 is 0 Å². The van der Waals surface area contributed by atoms with E-state index in [1.807, 2.05) is 19.9 Å². The molecule has 1 atom stereocenters. The monoisotopic (exact) mass is 374 g/mol. The summed E-state index contributed by atoms with van der Waals surface area (Å²) in [6.07, 6.45) is 14.1. The molecule has 28 heavy (non-hydrogen) atoms. The molecule has 0 aromatic carbocycles. The van der Waals surface area contributed by atoms with Crippen LogP contribution in [0.3, 0.4) is 0 Å². The summed E-state index contributed by atoms with van der Waals surface area (Å²) in [5.74, 6) is 0.626. The lowest BCUT2D eigenvalue weighted by Crippen LogP contribution is -2.19. The molecule has 0 saturated heterocycles. The summed E-state index contributed by atoms with van der Waals surface area (Å²) in [5.41, 5.74) is 4.37. The van der Waals surface area contributed by atoms with Crippen LogP contribution in [0.25, 0.3) is 11.3 Å². The van der Waals surface area contributed by atoms with Gasteiger partial charge in [0, 0.05) is 41.8 Å². The normalized spacial score (nSPS) is 15.5. The molecule has 1 aliphatic carbocycles. The lowest BCUT2D eigenvalue weighted by Gasteiger charge is -2.16. The number of H-pyrrole nitrogens is 1. The minimum Gasteiger partial charge on any atom is -0.288 e. The van der Waals surface area contributed by atoms with Gasteiger partial charge < -0.3 is 0 Å². The molecule has 0 bridgehead atoms. The first-order chi connectivity index (χ1) is 13.6. The number of rotatable bonds is 4. The average Bonchev–Trinajstić information content (AvgIpc) is 3.12. The minimum atomic E-state index is -0.0989. The Morgan fingerprint density at radius 1 is 1.29 bits per heavy atom. The van der Waals surface area contributed by atoms with Crippen LogP contribution < -0.4 is 5.43 Å². The van der Waals surface area contributed by atoms with E-state index >= 15 is 0 Å². The maximum absolute atomic E-state index is 12.5. The van der Waals surface area contributed by atoms with E-state index in [-0.39, 0.29) is 11.3 Å². The van der Waals surface area contributed by atoms with Gasteiger partial charge in [-0.25, -0.2) is 14.6 Å². The molecule has 3 aromatic rings. The van der Waals surface area contributed by atoms with Gasteiger partial charge in [-0.1, -0.05) is 24.6 Å². The second-order valence-corrected chi connectivity index (χ2v) is 6.98. The lowest BCUT2D eigenvalue weighted by molar-refractivity contribution is 0.697. The molecule has 7 nitrogen and oxygen atoms in total. The fraction of sp³-hybridized carbons (Fsp3) is 0.286. The van der Waals surface area contributed by atoms with Crippen molar-refractivity contribution in [2.45, 2.75) is 39.0 Å². The maximum Gasteiger partial charge on any atom is 0.203 e. The summed E-state index contributed by atoms with van der Waals surface area (Å²) in [4.78, 5) is 21.5. The Morgan fingerprint density at radius 2 is 2.18 bits per heavy atom. The van der Waals surface area contributed by atoms with Gasteiger partial charge in [-0.05, 0) is 32.3 Å². The Bertz CT molecular complexity index is 1090. The van der Waals surface area contributed by atoms with Crippen molar-refractivity contribution in [2.75, 3.05) is 0 Å². The van der Waals surface area contributed by atoms with Crippen molar-refractivity contribution in [1.82, 2.24) is 29.9 Å². The molecule has 0 radical (unpaired) electrons. The molecule has 0 saturated carbocycles. The first-order valence-electron chi connectivity index (χ1n) is 9.41. The van der Waals surface area contributed by atoms with E-state index in [9.17, 15) is 4.79 Å². The Balaban J connectivity index is 1.71. The van der Waals surface area contributed by atoms with Gasteiger partial charge >= 0.3 is 0 Å². The summed E-state index contributed by atoms with van der Waals surface area (Å²) in [6, 6.07) is 3.45. The number of hydrogen-bond donors (Lipinski definition) is 1. The highest BCUT2D eigenvalue weighted by atomic mass is 16.1. The van der Waals surface area contributed by atoms with Gasteiger partial charge in [-0.2, -0.15) is 10.2 Å². The second kappa shape index (κ2) is 7.72. The van der Waals surface area contributed by atoms with Crippen molar-refractivity contribution in [3.63, 3.8) is 0 Å². The topological polar surface area (TPSA) is 89.4 Å². The van der Waals surface area contributed by atoms with Crippen LogP contribution in [0, 0.1) is 6.92 Å².